The lowest BCUT2D eigenvalue weighted by molar-refractivity contribution is -0.111. The van der Waals surface area contributed by atoms with E-state index in [-0.39, 0.29) is 11.7 Å². The van der Waals surface area contributed by atoms with Crippen LogP contribution in [0.2, 0.25) is 0 Å². The second-order valence-corrected chi connectivity index (χ2v) is 8.80. The van der Waals surface area contributed by atoms with Crippen LogP contribution in [-0.4, -0.2) is 27.9 Å². The Morgan fingerprint density at radius 1 is 1.35 bits per heavy atom. The third-order valence-electron chi connectivity index (χ3n) is 4.91. The molecule has 1 atom stereocenters. The molecule has 168 valence electrons. The third kappa shape index (κ3) is 6.35. The number of hydrogen-bond donors (Lipinski definition) is 4. The monoisotopic (exact) mass is 446 g/mol. The second kappa shape index (κ2) is 10.5. The number of anilines is 1. The lowest BCUT2D eigenvalue weighted by atomic mass is 9.89. The van der Waals surface area contributed by atoms with Crippen LogP contribution < -0.4 is 22.6 Å². The van der Waals surface area contributed by atoms with Crippen molar-refractivity contribution in [1.29, 1.82) is 0 Å². The molecule has 1 unspecified atom stereocenters. The van der Waals surface area contributed by atoms with Gasteiger partial charge in [-0.25, -0.2) is 10.2 Å². The maximum absolute atomic E-state index is 14.4. The Morgan fingerprint density at radius 3 is 2.68 bits per heavy atom. The van der Waals surface area contributed by atoms with Crippen LogP contribution in [0.5, 0.6) is 0 Å². The number of hydrogen-bond acceptors (Lipinski definition) is 7. The van der Waals surface area contributed by atoms with E-state index >= 15 is 0 Å². The van der Waals surface area contributed by atoms with E-state index in [1.807, 2.05) is 27.7 Å². The number of benzene rings is 1. The summed E-state index contributed by atoms with van der Waals surface area (Å²) in [6.45, 7) is 7.63. The Hall–Kier alpha value is -2.78. The normalized spacial score (nSPS) is 20.2. The van der Waals surface area contributed by atoms with E-state index in [9.17, 15) is 9.18 Å². The predicted octanol–water partition coefficient (Wildman–Crippen LogP) is 3.32. The summed E-state index contributed by atoms with van der Waals surface area (Å²) in [7, 11) is 0. The standard InChI is InChI=1S/C22H31FN6OS/c1-5-6-19(29(26)14(2)3)17(24)9-10-20(30)27-18-13-15(7-8-16(18)23)22(4)11-12-31-21(25)28-22/h5-10,13-14H,11-12,24,26H2,1-4H3,(H2,25,28)(H,27,30)/b6-5-,10-9+,19-17-. The molecule has 0 spiro atoms. The van der Waals surface area contributed by atoms with Crippen molar-refractivity contribution in [1.82, 2.24) is 5.01 Å². The topological polar surface area (TPSA) is 123 Å². The molecule has 0 saturated heterocycles. The fraction of sp³-hybridized carbons (Fsp3) is 0.364. The lowest BCUT2D eigenvalue weighted by Gasteiger charge is -2.30. The van der Waals surface area contributed by atoms with E-state index in [1.54, 1.807) is 24.3 Å². The lowest BCUT2D eigenvalue weighted by Crippen LogP contribution is -2.37. The number of rotatable bonds is 7. The van der Waals surface area contributed by atoms with Crippen LogP contribution in [0.15, 0.2) is 58.9 Å². The number of aliphatic imine (C=N–C) groups is 1. The van der Waals surface area contributed by atoms with Crippen LogP contribution in [-0.2, 0) is 10.3 Å². The molecule has 1 heterocycles. The highest BCUT2D eigenvalue weighted by molar-refractivity contribution is 8.13. The van der Waals surface area contributed by atoms with Gasteiger partial charge < -0.3 is 21.8 Å². The largest absolute Gasteiger partial charge is 0.397 e. The molecule has 1 aliphatic rings. The van der Waals surface area contributed by atoms with Crippen molar-refractivity contribution in [3.05, 3.63) is 65.3 Å². The van der Waals surface area contributed by atoms with Gasteiger partial charge in [0, 0.05) is 17.9 Å². The average molecular weight is 447 g/mol. The van der Waals surface area contributed by atoms with Crippen molar-refractivity contribution in [3.8, 4) is 0 Å². The van der Waals surface area contributed by atoms with Crippen molar-refractivity contribution in [2.45, 2.75) is 45.7 Å². The van der Waals surface area contributed by atoms with Gasteiger partial charge in [0.15, 0.2) is 5.17 Å². The Morgan fingerprint density at radius 2 is 2.06 bits per heavy atom. The highest BCUT2D eigenvalue weighted by Crippen LogP contribution is 2.36. The van der Waals surface area contributed by atoms with Gasteiger partial charge in [-0.05, 0) is 64.0 Å². The number of amidine groups is 1. The highest BCUT2D eigenvalue weighted by Gasteiger charge is 2.30. The number of hydrazine groups is 1. The summed E-state index contributed by atoms with van der Waals surface area (Å²) in [5, 5.41) is 4.58. The first-order valence-corrected chi connectivity index (χ1v) is 11.0. The fourth-order valence-electron chi connectivity index (χ4n) is 3.04. The SMILES string of the molecule is C\C=C/C(=C(N)\C=C\C(=O)Nc1cc(C2(C)CCSC(N)=N2)ccc1F)N(N)C(C)C. The van der Waals surface area contributed by atoms with E-state index in [0.29, 0.717) is 16.6 Å². The molecule has 1 aromatic rings. The molecule has 0 aromatic heterocycles. The van der Waals surface area contributed by atoms with E-state index in [2.05, 4.69) is 10.3 Å². The molecule has 0 bridgehead atoms. The van der Waals surface area contributed by atoms with Gasteiger partial charge in [0.25, 0.3) is 0 Å². The van der Waals surface area contributed by atoms with Crippen molar-refractivity contribution >= 4 is 28.5 Å². The van der Waals surface area contributed by atoms with E-state index in [1.165, 1.54) is 35.0 Å². The van der Waals surface area contributed by atoms with Crippen LogP contribution in [0.1, 0.15) is 39.7 Å². The zero-order chi connectivity index (χ0) is 23.2. The summed E-state index contributed by atoms with van der Waals surface area (Å²) in [4.78, 5) is 16.9. The van der Waals surface area contributed by atoms with Crippen molar-refractivity contribution in [2.24, 2.45) is 22.3 Å². The van der Waals surface area contributed by atoms with Gasteiger partial charge >= 0.3 is 0 Å². The molecule has 7 N–H and O–H groups in total. The molecule has 31 heavy (non-hydrogen) atoms. The molecular formula is C22H31FN6OS. The second-order valence-electron chi connectivity index (χ2n) is 7.68. The zero-order valence-electron chi connectivity index (χ0n) is 18.4. The van der Waals surface area contributed by atoms with Crippen LogP contribution in [0.4, 0.5) is 10.1 Å². The maximum Gasteiger partial charge on any atom is 0.248 e. The van der Waals surface area contributed by atoms with Crippen molar-refractivity contribution in [2.75, 3.05) is 11.1 Å². The first kappa shape index (κ1) is 24.5. The molecule has 0 aliphatic carbocycles. The number of thioether (sulfide) groups is 1. The van der Waals surface area contributed by atoms with Crippen LogP contribution in [0.25, 0.3) is 0 Å². The van der Waals surface area contributed by atoms with E-state index in [0.717, 1.165) is 17.7 Å². The zero-order valence-corrected chi connectivity index (χ0v) is 19.2. The smallest absolute Gasteiger partial charge is 0.248 e. The Kier molecular flexibility index (Phi) is 8.29. The first-order chi connectivity index (χ1) is 14.6. The minimum atomic E-state index is -0.561. The number of nitrogens with one attached hydrogen (secondary N) is 1. The summed E-state index contributed by atoms with van der Waals surface area (Å²) in [6, 6.07) is 4.60. The maximum atomic E-state index is 14.4. The molecule has 0 radical (unpaired) electrons. The third-order valence-corrected chi connectivity index (χ3v) is 5.71. The number of carbonyl (C=O) groups is 1. The van der Waals surface area contributed by atoms with Crippen LogP contribution in [0, 0.1) is 5.82 Å². The van der Waals surface area contributed by atoms with Gasteiger partial charge in [-0.2, -0.15) is 0 Å². The van der Waals surface area contributed by atoms with Gasteiger partial charge in [0.1, 0.15) is 5.82 Å². The number of nitrogens with zero attached hydrogens (tertiary/aromatic N) is 2. The Balaban J connectivity index is 2.24. The predicted molar refractivity (Wildman–Crippen MR) is 127 cm³/mol. The fourth-order valence-corrected chi connectivity index (χ4v) is 4.02. The van der Waals surface area contributed by atoms with E-state index < -0.39 is 17.3 Å². The number of carbonyl (C=O) groups excluding carboxylic acids is 1. The molecule has 9 heteroatoms. The summed E-state index contributed by atoms with van der Waals surface area (Å²) >= 11 is 1.49. The summed E-state index contributed by atoms with van der Waals surface area (Å²) in [5.41, 5.74) is 13.2. The molecule has 7 nitrogen and oxygen atoms in total. The highest BCUT2D eigenvalue weighted by atomic mass is 32.2. The summed E-state index contributed by atoms with van der Waals surface area (Å²) in [6.07, 6.45) is 7.01. The van der Waals surface area contributed by atoms with Gasteiger partial charge in [0.05, 0.1) is 22.6 Å². The molecule has 0 saturated carbocycles. The van der Waals surface area contributed by atoms with Gasteiger partial charge in [0.2, 0.25) is 5.91 Å². The van der Waals surface area contributed by atoms with E-state index in [4.69, 9.17) is 17.3 Å². The Bertz CT molecular complexity index is 940. The first-order valence-electron chi connectivity index (χ1n) is 10.0. The number of halogens is 1. The molecule has 1 aliphatic heterocycles. The number of nitrogens with two attached hydrogens (primary N) is 3. The molecule has 1 amide bonds. The van der Waals surface area contributed by atoms with Crippen molar-refractivity contribution in [3.63, 3.8) is 0 Å². The minimum Gasteiger partial charge on any atom is -0.397 e. The van der Waals surface area contributed by atoms with Crippen LogP contribution >= 0.6 is 11.8 Å². The molecule has 1 aromatic carbocycles. The van der Waals surface area contributed by atoms with Crippen molar-refractivity contribution < 1.29 is 9.18 Å². The average Bonchev–Trinajstić information content (AvgIpc) is 2.71. The number of allylic oxidation sites excluding steroid dienone is 3. The summed E-state index contributed by atoms with van der Waals surface area (Å²) < 4.78 is 14.4. The molecule has 0 fully saturated rings. The summed E-state index contributed by atoms with van der Waals surface area (Å²) in [5.74, 6) is 5.81. The van der Waals surface area contributed by atoms with Gasteiger partial charge in [-0.1, -0.05) is 23.9 Å². The molecule has 2 rings (SSSR count). The number of amides is 1. The molecular weight excluding hydrogens is 415 g/mol. The Labute approximate surface area is 187 Å². The van der Waals surface area contributed by atoms with Gasteiger partial charge in [-0.15, -0.1) is 0 Å². The minimum absolute atomic E-state index is 0.0139. The van der Waals surface area contributed by atoms with Crippen LogP contribution in [0.3, 0.4) is 0 Å². The quantitative estimate of drug-likeness (QED) is 0.221. The van der Waals surface area contributed by atoms with Gasteiger partial charge in [-0.3, -0.25) is 9.79 Å².